The molecule has 0 saturated heterocycles. The van der Waals surface area contributed by atoms with Gasteiger partial charge in [0.25, 0.3) is 5.91 Å². The van der Waals surface area contributed by atoms with Crippen LogP contribution in [0.1, 0.15) is 18.1 Å². The lowest BCUT2D eigenvalue weighted by molar-refractivity contribution is -0.112. The summed E-state index contributed by atoms with van der Waals surface area (Å²) in [4.78, 5) is 12.6. The molecule has 0 fully saturated rings. The molecule has 35 heavy (non-hydrogen) atoms. The average molecular weight is 576 g/mol. The van der Waals surface area contributed by atoms with Crippen LogP contribution in [0.3, 0.4) is 0 Å². The fourth-order valence-electron chi connectivity index (χ4n) is 2.92. The van der Waals surface area contributed by atoms with E-state index >= 15 is 0 Å². The van der Waals surface area contributed by atoms with Gasteiger partial charge in [-0.3, -0.25) is 4.79 Å². The van der Waals surface area contributed by atoms with Gasteiger partial charge in [-0.05, 0) is 89.9 Å². The molecule has 0 radical (unpaired) electrons. The predicted octanol–water partition coefficient (Wildman–Crippen LogP) is 6.12. The summed E-state index contributed by atoms with van der Waals surface area (Å²) in [5.41, 5.74) is 1.63. The van der Waals surface area contributed by atoms with Crippen molar-refractivity contribution in [3.05, 3.63) is 86.9 Å². The minimum absolute atomic E-state index is 0.00735. The molecule has 0 bridgehead atoms. The summed E-state index contributed by atoms with van der Waals surface area (Å²) in [5.74, 6) is -0.543. The van der Waals surface area contributed by atoms with Gasteiger partial charge in [0.2, 0.25) is 0 Å². The van der Waals surface area contributed by atoms with Crippen LogP contribution < -0.4 is 14.2 Å². The van der Waals surface area contributed by atoms with Gasteiger partial charge < -0.3 is 14.2 Å². The minimum atomic E-state index is -4.14. The lowest BCUT2D eigenvalue weighted by Gasteiger charge is -2.15. The minimum Gasteiger partial charge on any atom is -0.490 e. The van der Waals surface area contributed by atoms with E-state index in [0.717, 1.165) is 5.56 Å². The van der Waals surface area contributed by atoms with Crippen LogP contribution >= 0.6 is 27.5 Å². The van der Waals surface area contributed by atoms with Gasteiger partial charge in [-0.15, -0.1) is 0 Å². The van der Waals surface area contributed by atoms with Gasteiger partial charge in [-0.25, -0.2) is 0 Å². The Bertz CT molecular complexity index is 1410. The molecule has 1 amide bonds. The van der Waals surface area contributed by atoms with Crippen LogP contribution in [-0.2, 0) is 14.9 Å². The van der Waals surface area contributed by atoms with Crippen molar-refractivity contribution in [2.75, 3.05) is 11.9 Å². The zero-order valence-corrected chi connectivity index (χ0v) is 21.9. The predicted molar refractivity (Wildman–Crippen MR) is 138 cm³/mol. The van der Waals surface area contributed by atoms with E-state index in [2.05, 4.69) is 21.2 Å². The molecule has 180 valence electrons. The average Bonchev–Trinajstić information content (AvgIpc) is 2.81. The molecule has 3 aromatic carbocycles. The highest BCUT2D eigenvalue weighted by Crippen LogP contribution is 2.39. The molecular weight excluding hydrogens is 556 g/mol. The normalized spacial score (nSPS) is 11.5. The number of ether oxygens (including phenoxy) is 1. The topological polar surface area (TPSA) is 105 Å². The van der Waals surface area contributed by atoms with Crippen molar-refractivity contribution in [3.63, 3.8) is 0 Å². The van der Waals surface area contributed by atoms with E-state index in [1.807, 2.05) is 13.0 Å². The number of carbonyl (C=O) groups is 1. The van der Waals surface area contributed by atoms with Gasteiger partial charge in [-0.2, -0.15) is 13.7 Å². The van der Waals surface area contributed by atoms with Crippen LogP contribution in [0.15, 0.2) is 75.6 Å². The first kappa shape index (κ1) is 26.3. The van der Waals surface area contributed by atoms with Crippen LogP contribution in [0.2, 0.25) is 5.02 Å². The van der Waals surface area contributed by atoms with Crippen molar-refractivity contribution >= 4 is 55.3 Å². The number of benzene rings is 3. The maximum Gasteiger partial charge on any atom is 0.339 e. The van der Waals surface area contributed by atoms with Gasteiger partial charge >= 0.3 is 10.1 Å². The maximum atomic E-state index is 12.8. The summed E-state index contributed by atoms with van der Waals surface area (Å²) in [6.07, 6.45) is 1.36. The molecule has 0 unspecified atom stereocenters. The van der Waals surface area contributed by atoms with Crippen LogP contribution in [0, 0.1) is 18.3 Å². The standard InChI is InChI=1S/C25H20BrClN2O5S/c1-3-33-23-14-17(12-18(15-28)25(30)29-20-8-6-19(27)7-9-20)13-22(26)24(23)34-35(31,32)21-10-4-16(2)5-11-21/h4-14H,3H2,1-2H3,(H,29,30)/b18-12+. The summed E-state index contributed by atoms with van der Waals surface area (Å²) < 4.78 is 36.9. The highest BCUT2D eigenvalue weighted by molar-refractivity contribution is 9.10. The van der Waals surface area contributed by atoms with Gasteiger partial charge in [0.05, 0.1) is 11.1 Å². The first-order chi connectivity index (χ1) is 16.6. The van der Waals surface area contributed by atoms with Crippen LogP contribution in [0.25, 0.3) is 6.08 Å². The highest BCUT2D eigenvalue weighted by Gasteiger charge is 2.22. The summed E-state index contributed by atoms with van der Waals surface area (Å²) in [7, 11) is -4.14. The number of hydrogen-bond acceptors (Lipinski definition) is 6. The Morgan fingerprint density at radius 1 is 1.14 bits per heavy atom. The van der Waals surface area contributed by atoms with Gasteiger partial charge in [0.1, 0.15) is 16.5 Å². The van der Waals surface area contributed by atoms with E-state index in [-0.39, 0.29) is 33.0 Å². The maximum absolute atomic E-state index is 12.8. The number of nitrogens with zero attached hydrogens (tertiary/aromatic N) is 1. The zero-order valence-electron chi connectivity index (χ0n) is 18.7. The molecule has 0 heterocycles. The fourth-order valence-corrected chi connectivity index (χ4v) is 4.66. The molecule has 0 atom stereocenters. The number of hydrogen-bond donors (Lipinski definition) is 1. The van der Waals surface area contributed by atoms with Crippen molar-refractivity contribution in [1.29, 1.82) is 5.26 Å². The Balaban J connectivity index is 1.93. The number of amides is 1. The van der Waals surface area contributed by atoms with Crippen LogP contribution in [0.5, 0.6) is 11.5 Å². The summed E-state index contributed by atoms with van der Waals surface area (Å²) in [6, 6.07) is 17.6. The third-order valence-corrected chi connectivity index (χ3v) is 6.69. The molecule has 0 aromatic heterocycles. The highest BCUT2D eigenvalue weighted by atomic mass is 79.9. The molecule has 10 heteroatoms. The number of carbonyl (C=O) groups excluding carboxylic acids is 1. The smallest absolute Gasteiger partial charge is 0.339 e. The Morgan fingerprint density at radius 2 is 1.80 bits per heavy atom. The molecule has 3 rings (SSSR count). The Hall–Kier alpha value is -3.32. The monoisotopic (exact) mass is 574 g/mol. The number of nitrogens with one attached hydrogen (secondary N) is 1. The van der Waals surface area contributed by atoms with Crippen LogP contribution in [0.4, 0.5) is 5.69 Å². The Labute approximate surface area is 217 Å². The van der Waals surface area contributed by atoms with E-state index in [0.29, 0.717) is 16.3 Å². The zero-order chi connectivity index (χ0) is 25.6. The van der Waals surface area contributed by atoms with E-state index in [1.54, 1.807) is 43.3 Å². The fraction of sp³-hybridized carbons (Fsp3) is 0.120. The van der Waals surface area contributed by atoms with Gasteiger partial charge in [0, 0.05) is 10.7 Å². The lowest BCUT2D eigenvalue weighted by atomic mass is 10.1. The molecule has 0 spiro atoms. The van der Waals surface area contributed by atoms with E-state index in [9.17, 15) is 18.5 Å². The van der Waals surface area contributed by atoms with E-state index < -0.39 is 16.0 Å². The SMILES string of the molecule is CCOc1cc(/C=C(\C#N)C(=O)Nc2ccc(Cl)cc2)cc(Br)c1OS(=O)(=O)c1ccc(C)cc1. The molecule has 0 saturated carbocycles. The number of aryl methyl sites for hydroxylation is 1. The van der Waals surface area contributed by atoms with Crippen molar-refractivity contribution in [3.8, 4) is 17.6 Å². The summed E-state index contributed by atoms with van der Waals surface area (Å²) in [6.45, 7) is 3.80. The van der Waals surface area contributed by atoms with E-state index in [1.165, 1.54) is 30.3 Å². The third-order valence-electron chi connectivity index (χ3n) is 4.61. The molecular formula is C25H20BrClN2O5S. The first-order valence-electron chi connectivity index (χ1n) is 10.3. The summed E-state index contributed by atoms with van der Waals surface area (Å²) in [5, 5.41) is 12.7. The van der Waals surface area contributed by atoms with Gasteiger partial charge in [-0.1, -0.05) is 29.3 Å². The second-order valence-electron chi connectivity index (χ2n) is 7.24. The van der Waals surface area contributed by atoms with Crippen LogP contribution in [-0.4, -0.2) is 20.9 Å². The molecule has 0 aliphatic carbocycles. The van der Waals surface area contributed by atoms with Crippen molar-refractivity contribution in [1.82, 2.24) is 0 Å². The lowest BCUT2D eigenvalue weighted by Crippen LogP contribution is -2.13. The largest absolute Gasteiger partial charge is 0.490 e. The van der Waals surface area contributed by atoms with Crippen molar-refractivity contribution in [2.24, 2.45) is 0 Å². The molecule has 3 aromatic rings. The summed E-state index contributed by atoms with van der Waals surface area (Å²) >= 11 is 9.17. The number of anilines is 1. The number of halogens is 2. The quantitative estimate of drug-likeness (QED) is 0.197. The molecule has 7 nitrogen and oxygen atoms in total. The second kappa shape index (κ2) is 11.4. The number of nitriles is 1. The third kappa shape index (κ3) is 6.85. The van der Waals surface area contributed by atoms with Crippen molar-refractivity contribution < 1.29 is 22.1 Å². The van der Waals surface area contributed by atoms with Gasteiger partial charge in [0.15, 0.2) is 11.5 Å². The number of rotatable bonds is 8. The Morgan fingerprint density at radius 3 is 2.40 bits per heavy atom. The molecule has 0 aliphatic rings. The molecule has 1 N–H and O–H groups in total. The van der Waals surface area contributed by atoms with E-state index in [4.69, 9.17) is 20.5 Å². The molecule has 0 aliphatic heterocycles. The first-order valence-corrected chi connectivity index (χ1v) is 12.9. The van der Waals surface area contributed by atoms with Crippen molar-refractivity contribution in [2.45, 2.75) is 18.7 Å². The second-order valence-corrected chi connectivity index (χ2v) is 10.1. The Kier molecular flexibility index (Phi) is 8.57.